The molecule has 0 saturated carbocycles. The van der Waals surface area contributed by atoms with E-state index in [-0.39, 0.29) is 18.3 Å². The van der Waals surface area contributed by atoms with Gasteiger partial charge in [-0.2, -0.15) is 0 Å². The van der Waals surface area contributed by atoms with Gasteiger partial charge in [-0.15, -0.1) is 0 Å². The molecule has 0 aliphatic carbocycles. The Kier molecular flexibility index (Phi) is 7.57. The molecular weight excluding hydrogens is 346 g/mol. The summed E-state index contributed by atoms with van der Waals surface area (Å²) in [6.45, 7) is 11.6. The van der Waals surface area contributed by atoms with Crippen molar-refractivity contribution in [1.29, 1.82) is 0 Å². The van der Waals surface area contributed by atoms with Crippen molar-refractivity contribution in [1.82, 2.24) is 5.32 Å². The second-order valence-corrected chi connectivity index (χ2v) is 8.50. The number of esters is 2. The van der Waals surface area contributed by atoms with Crippen molar-refractivity contribution in [2.45, 2.75) is 71.4 Å². The molecule has 150 valence electrons. The van der Waals surface area contributed by atoms with Gasteiger partial charge in [-0.3, -0.25) is 9.59 Å². The molecule has 1 amide bonds. The summed E-state index contributed by atoms with van der Waals surface area (Å²) in [5.74, 6) is -1.42. The summed E-state index contributed by atoms with van der Waals surface area (Å²) in [5.41, 5.74) is 0.926. The van der Waals surface area contributed by atoms with E-state index in [1.807, 2.05) is 12.1 Å². The van der Waals surface area contributed by atoms with Crippen molar-refractivity contribution in [2.75, 3.05) is 7.11 Å². The van der Waals surface area contributed by atoms with E-state index in [4.69, 9.17) is 9.47 Å². The fraction of sp³-hybridized carbons (Fsp3) is 0.571. The highest BCUT2D eigenvalue weighted by Crippen LogP contribution is 2.22. The van der Waals surface area contributed by atoms with E-state index in [0.29, 0.717) is 5.56 Å². The van der Waals surface area contributed by atoms with Crippen molar-refractivity contribution in [3.05, 3.63) is 35.4 Å². The molecular formula is C21H31NO5. The summed E-state index contributed by atoms with van der Waals surface area (Å²) in [7, 11) is 1.24. The third kappa shape index (κ3) is 7.81. The zero-order valence-corrected chi connectivity index (χ0v) is 17.3. The molecule has 1 N–H and O–H groups in total. The standard InChI is InChI=1S/C21H31NO5/c1-20(2,3)15-10-8-14(9-11-15)18(24)22-16(19(25)26-7)12-13-17(23)27-21(4,5)6/h8-11,16H,12-13H2,1-7H3,(H,22,24)/t16-/m0/s1. The third-order valence-electron chi connectivity index (χ3n) is 3.86. The summed E-state index contributed by atoms with van der Waals surface area (Å²) >= 11 is 0. The van der Waals surface area contributed by atoms with Gasteiger partial charge in [0.1, 0.15) is 11.6 Å². The van der Waals surface area contributed by atoms with Crippen LogP contribution in [0.15, 0.2) is 24.3 Å². The Morgan fingerprint density at radius 3 is 2.00 bits per heavy atom. The predicted octanol–water partition coefficient (Wildman–Crippen LogP) is 3.38. The zero-order valence-electron chi connectivity index (χ0n) is 17.3. The van der Waals surface area contributed by atoms with Crippen LogP contribution in [0.25, 0.3) is 0 Å². The Balaban J connectivity index is 2.77. The van der Waals surface area contributed by atoms with E-state index in [1.54, 1.807) is 32.9 Å². The molecule has 6 nitrogen and oxygen atoms in total. The van der Waals surface area contributed by atoms with Crippen LogP contribution in [-0.2, 0) is 24.5 Å². The second kappa shape index (κ2) is 9.02. The Hall–Kier alpha value is -2.37. The van der Waals surface area contributed by atoms with E-state index in [1.165, 1.54) is 7.11 Å². The number of benzene rings is 1. The molecule has 27 heavy (non-hydrogen) atoms. The Labute approximate surface area is 161 Å². The van der Waals surface area contributed by atoms with Gasteiger partial charge in [-0.05, 0) is 50.3 Å². The van der Waals surface area contributed by atoms with Crippen LogP contribution in [0.3, 0.4) is 0 Å². The van der Waals surface area contributed by atoms with Crippen molar-refractivity contribution in [3.63, 3.8) is 0 Å². The molecule has 0 spiro atoms. The van der Waals surface area contributed by atoms with Gasteiger partial charge in [0.2, 0.25) is 0 Å². The SMILES string of the molecule is COC(=O)[C@H](CCC(=O)OC(C)(C)C)NC(=O)c1ccc(C(C)(C)C)cc1. The van der Waals surface area contributed by atoms with Crippen LogP contribution in [0.1, 0.15) is 70.3 Å². The van der Waals surface area contributed by atoms with E-state index in [9.17, 15) is 14.4 Å². The van der Waals surface area contributed by atoms with Gasteiger partial charge in [0.15, 0.2) is 0 Å². The number of methoxy groups -OCH3 is 1. The lowest BCUT2D eigenvalue weighted by atomic mass is 9.86. The lowest BCUT2D eigenvalue weighted by Crippen LogP contribution is -2.42. The summed E-state index contributed by atoms with van der Waals surface area (Å²) in [6, 6.07) is 6.30. The molecule has 0 aromatic heterocycles. The molecule has 6 heteroatoms. The van der Waals surface area contributed by atoms with E-state index in [2.05, 4.69) is 26.1 Å². The van der Waals surface area contributed by atoms with Gasteiger partial charge in [0, 0.05) is 12.0 Å². The van der Waals surface area contributed by atoms with Crippen LogP contribution in [0.5, 0.6) is 0 Å². The van der Waals surface area contributed by atoms with Crippen LogP contribution in [0, 0.1) is 0 Å². The monoisotopic (exact) mass is 377 g/mol. The summed E-state index contributed by atoms with van der Waals surface area (Å²) in [6.07, 6.45) is 0.105. The van der Waals surface area contributed by atoms with Gasteiger partial charge in [-0.1, -0.05) is 32.9 Å². The highest BCUT2D eigenvalue weighted by molar-refractivity contribution is 5.96. The largest absolute Gasteiger partial charge is 0.467 e. The number of ether oxygens (including phenoxy) is 2. The van der Waals surface area contributed by atoms with Gasteiger partial charge < -0.3 is 14.8 Å². The summed E-state index contributed by atoms with van der Waals surface area (Å²) < 4.78 is 9.97. The molecule has 0 radical (unpaired) electrons. The van der Waals surface area contributed by atoms with Crippen LogP contribution in [0.4, 0.5) is 0 Å². The summed E-state index contributed by atoms with van der Waals surface area (Å²) in [5, 5.41) is 2.64. The minimum absolute atomic E-state index is 0.000276. The molecule has 0 unspecified atom stereocenters. The van der Waals surface area contributed by atoms with Crippen LogP contribution >= 0.6 is 0 Å². The molecule has 0 aliphatic rings. The normalized spacial score (nSPS) is 12.9. The predicted molar refractivity (Wildman–Crippen MR) is 103 cm³/mol. The van der Waals surface area contributed by atoms with Gasteiger partial charge in [0.05, 0.1) is 7.11 Å². The average molecular weight is 377 g/mol. The number of nitrogens with one attached hydrogen (secondary N) is 1. The number of amides is 1. The molecule has 0 saturated heterocycles. The Morgan fingerprint density at radius 1 is 1.00 bits per heavy atom. The number of hydrogen-bond donors (Lipinski definition) is 1. The number of rotatable bonds is 6. The molecule has 0 fully saturated rings. The fourth-order valence-electron chi connectivity index (χ4n) is 2.41. The molecule has 1 atom stereocenters. The van der Waals surface area contributed by atoms with Gasteiger partial charge in [0.25, 0.3) is 5.91 Å². The maximum Gasteiger partial charge on any atom is 0.328 e. The molecule has 0 aliphatic heterocycles. The maximum absolute atomic E-state index is 12.5. The quantitative estimate of drug-likeness (QED) is 0.769. The first-order chi connectivity index (χ1) is 12.3. The van der Waals surface area contributed by atoms with Crippen LogP contribution < -0.4 is 5.32 Å². The molecule has 1 rings (SSSR count). The third-order valence-corrected chi connectivity index (χ3v) is 3.86. The Bertz CT molecular complexity index is 665. The van der Waals surface area contributed by atoms with Crippen molar-refractivity contribution in [3.8, 4) is 0 Å². The van der Waals surface area contributed by atoms with Crippen molar-refractivity contribution >= 4 is 17.8 Å². The van der Waals surface area contributed by atoms with E-state index >= 15 is 0 Å². The minimum Gasteiger partial charge on any atom is -0.467 e. The van der Waals surface area contributed by atoms with E-state index < -0.39 is 29.5 Å². The smallest absolute Gasteiger partial charge is 0.328 e. The lowest BCUT2D eigenvalue weighted by molar-refractivity contribution is -0.155. The van der Waals surface area contributed by atoms with Gasteiger partial charge in [-0.25, -0.2) is 4.79 Å². The number of carbonyl (C=O) groups excluding carboxylic acids is 3. The average Bonchev–Trinajstić information content (AvgIpc) is 2.55. The van der Waals surface area contributed by atoms with Crippen molar-refractivity contribution in [2.24, 2.45) is 0 Å². The Morgan fingerprint density at radius 2 is 1.56 bits per heavy atom. The first kappa shape index (κ1) is 22.7. The number of hydrogen-bond acceptors (Lipinski definition) is 5. The fourth-order valence-corrected chi connectivity index (χ4v) is 2.41. The minimum atomic E-state index is -0.919. The van der Waals surface area contributed by atoms with Crippen LogP contribution in [0.2, 0.25) is 0 Å². The first-order valence-corrected chi connectivity index (χ1v) is 9.04. The first-order valence-electron chi connectivity index (χ1n) is 9.04. The highest BCUT2D eigenvalue weighted by Gasteiger charge is 2.25. The molecule has 1 aromatic carbocycles. The van der Waals surface area contributed by atoms with Gasteiger partial charge >= 0.3 is 11.9 Å². The lowest BCUT2D eigenvalue weighted by Gasteiger charge is -2.21. The summed E-state index contributed by atoms with van der Waals surface area (Å²) in [4.78, 5) is 36.3. The molecule has 0 bridgehead atoms. The van der Waals surface area contributed by atoms with E-state index in [0.717, 1.165) is 5.56 Å². The topological polar surface area (TPSA) is 81.7 Å². The highest BCUT2D eigenvalue weighted by atomic mass is 16.6. The molecule has 1 aromatic rings. The number of carbonyl (C=O) groups is 3. The second-order valence-electron chi connectivity index (χ2n) is 8.50. The molecule has 0 heterocycles. The maximum atomic E-state index is 12.5. The van der Waals surface area contributed by atoms with Crippen molar-refractivity contribution < 1.29 is 23.9 Å². The zero-order chi connectivity index (χ0) is 20.8. The van der Waals surface area contributed by atoms with Crippen LogP contribution in [-0.4, -0.2) is 36.6 Å².